The van der Waals surface area contributed by atoms with Gasteiger partial charge in [-0.3, -0.25) is 9.69 Å². The Bertz CT molecular complexity index is 784. The van der Waals surface area contributed by atoms with E-state index >= 15 is 0 Å². The molecule has 0 N–H and O–H groups in total. The predicted molar refractivity (Wildman–Crippen MR) is 107 cm³/mol. The van der Waals surface area contributed by atoms with E-state index in [9.17, 15) is 9.18 Å². The van der Waals surface area contributed by atoms with Crippen molar-refractivity contribution in [2.75, 3.05) is 19.7 Å². The van der Waals surface area contributed by atoms with Crippen molar-refractivity contribution in [3.63, 3.8) is 0 Å². The maximum Gasteiger partial charge on any atom is 0.260 e. The van der Waals surface area contributed by atoms with E-state index in [1.54, 1.807) is 0 Å². The molecular formula is C21H25FN2O2S. The molecule has 4 nitrogen and oxygen atoms in total. The number of hydrogen-bond donors (Lipinski definition) is 1. The number of piperazine rings is 1. The second kappa shape index (κ2) is 8.76. The Morgan fingerprint density at radius 1 is 1.11 bits per heavy atom. The standard InChI is InChI=1S/C21H25FN2O2S/c1-15-12-24(21(25)14-26-19-5-3-4-6-20(19)27)16(2)11-23(15)13-17-7-9-18(22)10-8-17/h3-10,15-16,27H,11-14H2,1-2H3/t15-,16+/m1/s1. The molecule has 1 heterocycles. The van der Waals surface area contributed by atoms with Gasteiger partial charge in [-0.1, -0.05) is 24.3 Å². The monoisotopic (exact) mass is 388 g/mol. The smallest absolute Gasteiger partial charge is 0.260 e. The summed E-state index contributed by atoms with van der Waals surface area (Å²) >= 11 is 4.34. The maximum absolute atomic E-state index is 13.1. The number of carbonyl (C=O) groups excluding carboxylic acids is 1. The zero-order valence-electron chi connectivity index (χ0n) is 15.6. The highest BCUT2D eigenvalue weighted by molar-refractivity contribution is 7.80. The summed E-state index contributed by atoms with van der Waals surface area (Å²) < 4.78 is 18.7. The fraction of sp³-hybridized carbons (Fsp3) is 0.381. The molecule has 27 heavy (non-hydrogen) atoms. The zero-order valence-corrected chi connectivity index (χ0v) is 16.5. The van der Waals surface area contributed by atoms with Crippen LogP contribution in [0.15, 0.2) is 53.4 Å². The molecule has 3 rings (SSSR count). The number of benzene rings is 2. The van der Waals surface area contributed by atoms with Crippen molar-refractivity contribution >= 4 is 18.5 Å². The Morgan fingerprint density at radius 2 is 1.81 bits per heavy atom. The summed E-state index contributed by atoms with van der Waals surface area (Å²) in [6, 6.07) is 14.3. The third-order valence-corrected chi connectivity index (χ3v) is 5.32. The third-order valence-electron chi connectivity index (χ3n) is 4.95. The third kappa shape index (κ3) is 5.02. The highest BCUT2D eigenvalue weighted by Crippen LogP contribution is 2.22. The van der Waals surface area contributed by atoms with E-state index in [0.717, 1.165) is 23.5 Å². The number of ether oxygens (including phenoxy) is 1. The number of carbonyl (C=O) groups is 1. The first-order chi connectivity index (χ1) is 12.9. The summed E-state index contributed by atoms with van der Waals surface area (Å²) in [6.07, 6.45) is 0. The van der Waals surface area contributed by atoms with Gasteiger partial charge in [0.25, 0.3) is 5.91 Å². The van der Waals surface area contributed by atoms with Crippen molar-refractivity contribution in [3.8, 4) is 5.75 Å². The molecule has 6 heteroatoms. The summed E-state index contributed by atoms with van der Waals surface area (Å²) in [4.78, 5) is 17.6. The molecule has 1 saturated heterocycles. The number of para-hydroxylation sites is 1. The highest BCUT2D eigenvalue weighted by Gasteiger charge is 2.32. The molecule has 1 aliphatic heterocycles. The minimum absolute atomic E-state index is 0.00654. The first kappa shape index (κ1) is 19.7. The van der Waals surface area contributed by atoms with Gasteiger partial charge < -0.3 is 9.64 Å². The Kier molecular flexibility index (Phi) is 6.39. The molecule has 0 saturated carbocycles. The van der Waals surface area contributed by atoms with E-state index in [1.807, 2.05) is 48.2 Å². The quantitative estimate of drug-likeness (QED) is 0.795. The van der Waals surface area contributed by atoms with Gasteiger partial charge in [-0.25, -0.2) is 4.39 Å². The lowest BCUT2D eigenvalue weighted by atomic mass is 10.1. The molecule has 2 aromatic carbocycles. The number of rotatable bonds is 5. The molecule has 0 unspecified atom stereocenters. The molecule has 0 aromatic heterocycles. The van der Waals surface area contributed by atoms with Gasteiger partial charge in [0.05, 0.1) is 0 Å². The molecule has 0 bridgehead atoms. The van der Waals surface area contributed by atoms with E-state index in [-0.39, 0.29) is 30.4 Å². The molecule has 1 fully saturated rings. The van der Waals surface area contributed by atoms with Crippen LogP contribution < -0.4 is 4.74 Å². The van der Waals surface area contributed by atoms with Crippen LogP contribution in [0.1, 0.15) is 19.4 Å². The lowest BCUT2D eigenvalue weighted by Gasteiger charge is -2.44. The maximum atomic E-state index is 13.1. The largest absolute Gasteiger partial charge is 0.483 e. The van der Waals surface area contributed by atoms with E-state index in [0.29, 0.717) is 12.3 Å². The molecular weight excluding hydrogens is 363 g/mol. The van der Waals surface area contributed by atoms with Crippen LogP contribution in [0.5, 0.6) is 5.75 Å². The van der Waals surface area contributed by atoms with E-state index in [2.05, 4.69) is 24.5 Å². The lowest BCUT2D eigenvalue weighted by molar-refractivity contribution is -0.139. The molecule has 1 amide bonds. The zero-order chi connectivity index (χ0) is 19.4. The number of halogens is 1. The summed E-state index contributed by atoms with van der Waals surface area (Å²) in [5.74, 6) is 0.371. The lowest BCUT2D eigenvalue weighted by Crippen LogP contribution is -2.58. The van der Waals surface area contributed by atoms with Crippen LogP contribution in [0.4, 0.5) is 4.39 Å². The Morgan fingerprint density at radius 3 is 2.52 bits per heavy atom. The van der Waals surface area contributed by atoms with Crippen molar-refractivity contribution in [1.82, 2.24) is 9.80 Å². The highest BCUT2D eigenvalue weighted by atomic mass is 32.1. The van der Waals surface area contributed by atoms with E-state index < -0.39 is 0 Å². The van der Waals surface area contributed by atoms with Crippen LogP contribution in [0, 0.1) is 5.82 Å². The minimum atomic E-state index is -0.224. The summed E-state index contributed by atoms with van der Waals surface area (Å²) in [7, 11) is 0. The summed E-state index contributed by atoms with van der Waals surface area (Å²) in [6.45, 7) is 6.33. The van der Waals surface area contributed by atoms with Gasteiger partial charge in [0, 0.05) is 36.6 Å². The number of thiol groups is 1. The van der Waals surface area contributed by atoms with Crippen molar-refractivity contribution in [2.24, 2.45) is 0 Å². The van der Waals surface area contributed by atoms with Gasteiger partial charge >= 0.3 is 0 Å². The van der Waals surface area contributed by atoms with Crippen LogP contribution in [0.2, 0.25) is 0 Å². The van der Waals surface area contributed by atoms with Gasteiger partial charge in [-0.2, -0.15) is 0 Å². The Hall–Kier alpha value is -2.05. The van der Waals surface area contributed by atoms with Gasteiger partial charge in [-0.15, -0.1) is 12.6 Å². The second-order valence-corrected chi connectivity index (χ2v) is 7.54. The fourth-order valence-electron chi connectivity index (χ4n) is 3.39. The first-order valence-electron chi connectivity index (χ1n) is 9.13. The minimum Gasteiger partial charge on any atom is -0.483 e. The van der Waals surface area contributed by atoms with Crippen molar-refractivity contribution in [2.45, 2.75) is 37.4 Å². The predicted octanol–water partition coefficient (Wildman–Crippen LogP) is 3.61. The SMILES string of the molecule is C[C@@H]1CN(C(=O)COc2ccccc2S)[C@@H](C)CN1Cc1ccc(F)cc1. The number of nitrogens with zero attached hydrogens (tertiary/aromatic N) is 2. The van der Waals surface area contributed by atoms with Gasteiger partial charge in [0.15, 0.2) is 6.61 Å². The van der Waals surface area contributed by atoms with Crippen LogP contribution in [0.25, 0.3) is 0 Å². The number of hydrogen-bond acceptors (Lipinski definition) is 4. The van der Waals surface area contributed by atoms with Crippen molar-refractivity contribution in [3.05, 3.63) is 59.9 Å². The average molecular weight is 389 g/mol. The van der Waals surface area contributed by atoms with Crippen molar-refractivity contribution < 1.29 is 13.9 Å². The molecule has 2 atom stereocenters. The second-order valence-electron chi connectivity index (χ2n) is 7.06. The molecule has 2 aromatic rings. The van der Waals surface area contributed by atoms with Gasteiger partial charge in [0.2, 0.25) is 0 Å². The Labute approximate surface area is 165 Å². The van der Waals surface area contributed by atoms with E-state index in [4.69, 9.17) is 4.74 Å². The average Bonchev–Trinajstić information content (AvgIpc) is 2.65. The van der Waals surface area contributed by atoms with Crippen LogP contribution in [0.3, 0.4) is 0 Å². The molecule has 0 spiro atoms. The summed E-state index contributed by atoms with van der Waals surface area (Å²) in [5, 5.41) is 0. The molecule has 1 aliphatic rings. The van der Waals surface area contributed by atoms with Gasteiger partial charge in [0.1, 0.15) is 11.6 Å². The van der Waals surface area contributed by atoms with E-state index in [1.165, 1.54) is 12.1 Å². The van der Waals surface area contributed by atoms with Gasteiger partial charge in [-0.05, 0) is 43.7 Å². The topological polar surface area (TPSA) is 32.8 Å². The molecule has 0 radical (unpaired) electrons. The Balaban J connectivity index is 1.56. The van der Waals surface area contributed by atoms with Crippen LogP contribution in [-0.4, -0.2) is 47.5 Å². The first-order valence-corrected chi connectivity index (χ1v) is 9.57. The molecule has 0 aliphatic carbocycles. The fourth-order valence-corrected chi connectivity index (χ4v) is 3.62. The molecule has 144 valence electrons. The van der Waals surface area contributed by atoms with Crippen LogP contribution in [-0.2, 0) is 11.3 Å². The normalized spacial score (nSPS) is 20.5. The van der Waals surface area contributed by atoms with Crippen molar-refractivity contribution in [1.29, 1.82) is 0 Å². The van der Waals surface area contributed by atoms with Crippen LogP contribution >= 0.6 is 12.6 Å². The summed E-state index contributed by atoms with van der Waals surface area (Å²) in [5.41, 5.74) is 1.07. The number of amides is 1.